The molecule has 2 aromatic heterocycles. The van der Waals surface area contributed by atoms with E-state index in [4.69, 9.17) is 9.15 Å². The highest BCUT2D eigenvalue weighted by Crippen LogP contribution is 2.21. The molecule has 0 fully saturated rings. The lowest BCUT2D eigenvalue weighted by Crippen LogP contribution is -2.08. The summed E-state index contributed by atoms with van der Waals surface area (Å²) < 4.78 is 10.3. The molecule has 0 saturated carbocycles. The van der Waals surface area contributed by atoms with Crippen LogP contribution >= 0.6 is 0 Å². The number of hydrogen-bond donors (Lipinski definition) is 0. The van der Waals surface area contributed by atoms with Crippen LogP contribution in [0.5, 0.6) is 0 Å². The number of aromatic nitrogens is 2. The Morgan fingerprint density at radius 2 is 1.86 bits per heavy atom. The summed E-state index contributed by atoms with van der Waals surface area (Å²) in [6.45, 7) is 2.21. The summed E-state index contributed by atoms with van der Waals surface area (Å²) in [7, 11) is 0. The van der Waals surface area contributed by atoms with Gasteiger partial charge in [0.25, 0.3) is 6.47 Å². The quantitative estimate of drug-likeness (QED) is 0.301. The molecule has 0 aliphatic carbocycles. The van der Waals surface area contributed by atoms with Gasteiger partial charge in [0, 0.05) is 6.20 Å². The van der Waals surface area contributed by atoms with E-state index in [0.29, 0.717) is 34.3 Å². The van der Waals surface area contributed by atoms with Crippen LogP contribution in [-0.2, 0) is 9.53 Å². The summed E-state index contributed by atoms with van der Waals surface area (Å²) in [6.07, 6.45) is 1.48. The second-order valence-corrected chi connectivity index (χ2v) is 6.17. The van der Waals surface area contributed by atoms with E-state index in [9.17, 15) is 9.59 Å². The molecule has 0 aliphatic heterocycles. The maximum absolute atomic E-state index is 12.2. The van der Waals surface area contributed by atoms with E-state index in [1.807, 2.05) is 31.2 Å². The van der Waals surface area contributed by atoms with Gasteiger partial charge in [0.2, 0.25) is 11.8 Å². The SMILES string of the molecule is Cc1ccccc1N=C(OC=O)c1ccc(-c2nc3ccccc3c(=O)o2)cn1. The highest BCUT2D eigenvalue weighted by atomic mass is 16.5. The predicted molar refractivity (Wildman–Crippen MR) is 108 cm³/mol. The van der Waals surface area contributed by atoms with Crippen molar-refractivity contribution in [2.75, 3.05) is 0 Å². The maximum Gasteiger partial charge on any atom is 0.347 e. The van der Waals surface area contributed by atoms with Crippen molar-refractivity contribution in [2.45, 2.75) is 6.92 Å². The van der Waals surface area contributed by atoms with Crippen LogP contribution < -0.4 is 5.63 Å². The lowest BCUT2D eigenvalue weighted by atomic mass is 10.2. The van der Waals surface area contributed by atoms with Crippen LogP contribution in [0.15, 0.2) is 81.1 Å². The number of hydrogen-bond acceptors (Lipinski definition) is 7. The number of fused-ring (bicyclic) bond motifs is 1. The van der Waals surface area contributed by atoms with Gasteiger partial charge in [0.1, 0.15) is 5.69 Å². The van der Waals surface area contributed by atoms with E-state index in [1.54, 1.807) is 36.4 Å². The molecule has 0 radical (unpaired) electrons. The maximum atomic E-state index is 12.2. The van der Waals surface area contributed by atoms with Gasteiger partial charge in [0.15, 0.2) is 0 Å². The summed E-state index contributed by atoms with van der Waals surface area (Å²) in [6, 6.07) is 17.7. The zero-order chi connectivity index (χ0) is 20.2. The van der Waals surface area contributed by atoms with Crippen LogP contribution in [0.4, 0.5) is 5.69 Å². The molecule has 7 nitrogen and oxygen atoms in total. The van der Waals surface area contributed by atoms with Crippen LogP contribution in [0.1, 0.15) is 11.3 Å². The second kappa shape index (κ2) is 7.85. The monoisotopic (exact) mass is 385 g/mol. The van der Waals surface area contributed by atoms with Gasteiger partial charge < -0.3 is 9.15 Å². The topological polar surface area (TPSA) is 94.7 Å². The van der Waals surface area contributed by atoms with E-state index in [1.165, 1.54) is 6.20 Å². The van der Waals surface area contributed by atoms with Crippen molar-refractivity contribution in [1.29, 1.82) is 0 Å². The van der Waals surface area contributed by atoms with Crippen molar-refractivity contribution in [1.82, 2.24) is 9.97 Å². The van der Waals surface area contributed by atoms with E-state index in [-0.39, 0.29) is 11.8 Å². The fourth-order valence-corrected chi connectivity index (χ4v) is 2.78. The summed E-state index contributed by atoms with van der Waals surface area (Å²) in [4.78, 5) is 36.1. The van der Waals surface area contributed by atoms with Gasteiger partial charge in [0.05, 0.1) is 22.2 Å². The van der Waals surface area contributed by atoms with Gasteiger partial charge in [-0.1, -0.05) is 30.3 Å². The third kappa shape index (κ3) is 3.79. The molecule has 4 rings (SSSR count). The minimum Gasteiger partial charge on any atom is -0.407 e. The Hall–Kier alpha value is -4.13. The second-order valence-electron chi connectivity index (χ2n) is 6.17. The molecule has 0 amide bonds. The highest BCUT2D eigenvalue weighted by Gasteiger charge is 2.12. The van der Waals surface area contributed by atoms with Crippen LogP contribution in [0.3, 0.4) is 0 Å². The van der Waals surface area contributed by atoms with Crippen molar-refractivity contribution in [3.63, 3.8) is 0 Å². The van der Waals surface area contributed by atoms with Crippen LogP contribution in [0.25, 0.3) is 22.4 Å². The molecular formula is C22H15N3O4. The Morgan fingerprint density at radius 1 is 1.07 bits per heavy atom. The van der Waals surface area contributed by atoms with Crippen molar-refractivity contribution in [3.05, 3.63) is 88.5 Å². The molecule has 0 aliphatic rings. The van der Waals surface area contributed by atoms with E-state index >= 15 is 0 Å². The molecule has 2 heterocycles. The molecule has 7 heteroatoms. The van der Waals surface area contributed by atoms with Crippen LogP contribution in [-0.4, -0.2) is 22.3 Å². The number of benzene rings is 2. The van der Waals surface area contributed by atoms with Gasteiger partial charge in [-0.3, -0.25) is 9.78 Å². The summed E-state index contributed by atoms with van der Waals surface area (Å²) in [5.74, 6) is 0.218. The molecule has 4 aromatic rings. The molecule has 29 heavy (non-hydrogen) atoms. The van der Waals surface area contributed by atoms with Gasteiger partial charge in [-0.05, 0) is 42.8 Å². The number of nitrogens with zero attached hydrogens (tertiary/aromatic N) is 3. The number of ether oxygens (including phenoxy) is 1. The molecule has 0 saturated heterocycles. The zero-order valence-electron chi connectivity index (χ0n) is 15.4. The standard InChI is InChI=1S/C22H15N3O4/c1-14-6-2-4-8-17(14)24-21(28-13-26)19-11-10-15(12-23-19)20-25-18-9-5-3-7-16(18)22(27)29-20/h2-13H,1H3. The lowest BCUT2D eigenvalue weighted by Gasteiger charge is -2.06. The van der Waals surface area contributed by atoms with E-state index in [2.05, 4.69) is 15.0 Å². The third-order valence-electron chi connectivity index (χ3n) is 4.26. The normalized spacial score (nSPS) is 11.4. The molecule has 0 atom stereocenters. The molecular weight excluding hydrogens is 370 g/mol. The first-order chi connectivity index (χ1) is 14.2. The Kier molecular flexibility index (Phi) is 4.94. The summed E-state index contributed by atoms with van der Waals surface area (Å²) >= 11 is 0. The van der Waals surface area contributed by atoms with Crippen molar-refractivity contribution >= 4 is 29.0 Å². The van der Waals surface area contributed by atoms with Gasteiger partial charge in [-0.2, -0.15) is 0 Å². The van der Waals surface area contributed by atoms with Crippen molar-refractivity contribution in [2.24, 2.45) is 4.99 Å². The van der Waals surface area contributed by atoms with Gasteiger partial charge in [-0.25, -0.2) is 14.8 Å². The predicted octanol–water partition coefficient (Wildman–Crippen LogP) is 3.81. The Balaban J connectivity index is 1.72. The number of pyridine rings is 1. The third-order valence-corrected chi connectivity index (χ3v) is 4.26. The minimum absolute atomic E-state index is 0.0637. The zero-order valence-corrected chi connectivity index (χ0v) is 15.4. The number of aliphatic imine (C=N–C) groups is 1. The average molecular weight is 385 g/mol. The molecule has 2 aromatic carbocycles. The summed E-state index contributed by atoms with van der Waals surface area (Å²) in [5, 5.41) is 0.410. The first-order valence-electron chi connectivity index (χ1n) is 8.77. The molecule has 0 bridgehead atoms. The van der Waals surface area contributed by atoms with Crippen LogP contribution in [0.2, 0.25) is 0 Å². The average Bonchev–Trinajstić information content (AvgIpc) is 2.75. The Bertz CT molecular complexity index is 1280. The van der Waals surface area contributed by atoms with E-state index in [0.717, 1.165) is 5.56 Å². The smallest absolute Gasteiger partial charge is 0.347 e. The minimum atomic E-state index is -0.472. The van der Waals surface area contributed by atoms with Crippen LogP contribution in [0, 0.1) is 6.92 Å². The van der Waals surface area contributed by atoms with Gasteiger partial charge >= 0.3 is 5.63 Å². The summed E-state index contributed by atoms with van der Waals surface area (Å²) in [5.41, 5.74) is 2.52. The number of para-hydroxylation sites is 2. The fourth-order valence-electron chi connectivity index (χ4n) is 2.78. The number of carbonyl (C=O) groups is 1. The number of carbonyl (C=O) groups excluding carboxylic acids is 1. The molecule has 0 spiro atoms. The van der Waals surface area contributed by atoms with Gasteiger partial charge in [-0.15, -0.1) is 0 Å². The first kappa shape index (κ1) is 18.2. The van der Waals surface area contributed by atoms with E-state index < -0.39 is 5.63 Å². The van der Waals surface area contributed by atoms with Crippen molar-refractivity contribution in [3.8, 4) is 11.5 Å². The first-order valence-corrected chi connectivity index (χ1v) is 8.77. The highest BCUT2D eigenvalue weighted by molar-refractivity contribution is 5.97. The molecule has 0 N–H and O–H groups in total. The Labute approximate surface area is 165 Å². The fraction of sp³-hybridized carbons (Fsp3) is 0.0455. The van der Waals surface area contributed by atoms with Crippen molar-refractivity contribution < 1.29 is 13.9 Å². The molecule has 142 valence electrons. The number of aryl methyl sites for hydroxylation is 1. The largest absolute Gasteiger partial charge is 0.407 e. The molecule has 0 unspecified atom stereocenters. The lowest BCUT2D eigenvalue weighted by molar-refractivity contribution is -0.121. The number of rotatable bonds is 4. The Morgan fingerprint density at radius 3 is 2.62 bits per heavy atom.